The summed E-state index contributed by atoms with van der Waals surface area (Å²) >= 11 is 0. The lowest BCUT2D eigenvalue weighted by Crippen LogP contribution is -2.39. The van der Waals surface area contributed by atoms with Gasteiger partial charge in [-0.25, -0.2) is 0 Å². The molecule has 2 rings (SSSR count). The summed E-state index contributed by atoms with van der Waals surface area (Å²) in [5, 5.41) is 15.8. The second kappa shape index (κ2) is 5.27. The van der Waals surface area contributed by atoms with Gasteiger partial charge >= 0.3 is 0 Å². The van der Waals surface area contributed by atoms with Crippen LogP contribution in [0.25, 0.3) is 0 Å². The predicted molar refractivity (Wildman–Crippen MR) is 67.9 cm³/mol. The van der Waals surface area contributed by atoms with E-state index in [9.17, 15) is 9.90 Å². The molecule has 3 N–H and O–H groups in total. The quantitative estimate of drug-likeness (QED) is 0.740. The van der Waals surface area contributed by atoms with Gasteiger partial charge in [-0.2, -0.15) is 0 Å². The minimum atomic E-state index is -0.173. The Labute approximate surface area is 106 Å². The lowest BCUT2D eigenvalue weighted by Gasteiger charge is -2.16. The molecule has 1 amide bonds. The molecule has 1 heterocycles. The first kappa shape index (κ1) is 12.7. The Balaban J connectivity index is 2.07. The van der Waals surface area contributed by atoms with Gasteiger partial charge in [-0.15, -0.1) is 0 Å². The lowest BCUT2D eigenvalue weighted by molar-refractivity contribution is 0.0932. The molecule has 1 aliphatic heterocycles. The first-order valence-corrected chi connectivity index (χ1v) is 6.00. The van der Waals surface area contributed by atoms with Gasteiger partial charge in [-0.3, -0.25) is 4.79 Å². The molecule has 0 aliphatic carbocycles. The number of ether oxygens (including phenoxy) is 1. The summed E-state index contributed by atoms with van der Waals surface area (Å²) < 4.78 is 4.94. The Hall–Kier alpha value is -1.75. The number of benzene rings is 1. The van der Waals surface area contributed by atoms with Gasteiger partial charge in [-0.1, -0.05) is 6.92 Å². The Morgan fingerprint density at radius 3 is 2.83 bits per heavy atom. The van der Waals surface area contributed by atoms with Crippen molar-refractivity contribution in [2.75, 3.05) is 20.2 Å². The minimum absolute atomic E-state index is 0.0252. The van der Waals surface area contributed by atoms with Crippen LogP contribution >= 0.6 is 0 Å². The van der Waals surface area contributed by atoms with Crippen molar-refractivity contribution in [2.24, 2.45) is 5.92 Å². The number of rotatable bonds is 3. The molecule has 5 nitrogen and oxygen atoms in total. The molecule has 0 bridgehead atoms. The van der Waals surface area contributed by atoms with E-state index < -0.39 is 0 Å². The van der Waals surface area contributed by atoms with E-state index in [4.69, 9.17) is 4.74 Å². The van der Waals surface area contributed by atoms with Crippen LogP contribution in [-0.2, 0) is 0 Å². The van der Waals surface area contributed by atoms with E-state index in [1.165, 1.54) is 13.2 Å². The Kier molecular flexibility index (Phi) is 3.72. The molecule has 2 unspecified atom stereocenters. The second-order valence-electron chi connectivity index (χ2n) is 4.60. The zero-order valence-electron chi connectivity index (χ0n) is 10.6. The van der Waals surface area contributed by atoms with Crippen molar-refractivity contribution in [1.29, 1.82) is 0 Å². The lowest BCUT2D eigenvalue weighted by atomic mass is 10.1. The standard InChI is InChI=1S/C13H18N2O3/c1-8-6-14-7-10(8)15-13(17)9-3-4-12(18-2)11(16)5-9/h3-5,8,10,14,16H,6-7H2,1-2H3,(H,15,17). The SMILES string of the molecule is COc1ccc(C(=O)NC2CNCC2C)cc1O. The second-order valence-corrected chi connectivity index (χ2v) is 4.60. The molecule has 18 heavy (non-hydrogen) atoms. The van der Waals surface area contributed by atoms with Crippen molar-refractivity contribution >= 4 is 5.91 Å². The van der Waals surface area contributed by atoms with Gasteiger partial charge < -0.3 is 20.5 Å². The molecule has 5 heteroatoms. The highest BCUT2D eigenvalue weighted by Gasteiger charge is 2.25. The fourth-order valence-corrected chi connectivity index (χ4v) is 2.09. The number of carbonyl (C=O) groups excluding carboxylic acids is 1. The van der Waals surface area contributed by atoms with Crippen molar-refractivity contribution < 1.29 is 14.6 Å². The van der Waals surface area contributed by atoms with Gasteiger partial charge in [-0.05, 0) is 30.7 Å². The number of hydrogen-bond donors (Lipinski definition) is 3. The van der Waals surface area contributed by atoms with Crippen LogP contribution in [0.5, 0.6) is 11.5 Å². The summed E-state index contributed by atoms with van der Waals surface area (Å²) in [5.74, 6) is 0.583. The molecule has 2 atom stereocenters. The molecule has 0 aromatic heterocycles. The van der Waals surface area contributed by atoms with Crippen LogP contribution in [0, 0.1) is 5.92 Å². The third-order valence-corrected chi connectivity index (χ3v) is 3.27. The summed E-state index contributed by atoms with van der Waals surface area (Å²) in [7, 11) is 1.47. The van der Waals surface area contributed by atoms with E-state index in [0.29, 0.717) is 17.2 Å². The van der Waals surface area contributed by atoms with Gasteiger partial charge in [0.1, 0.15) is 0 Å². The van der Waals surface area contributed by atoms with E-state index in [2.05, 4.69) is 17.6 Å². The van der Waals surface area contributed by atoms with Crippen LogP contribution in [0.15, 0.2) is 18.2 Å². The number of amides is 1. The molecule has 1 aromatic carbocycles. The molecular formula is C13H18N2O3. The van der Waals surface area contributed by atoms with Crippen LogP contribution in [-0.4, -0.2) is 37.3 Å². The van der Waals surface area contributed by atoms with E-state index in [0.717, 1.165) is 13.1 Å². The monoisotopic (exact) mass is 250 g/mol. The fourth-order valence-electron chi connectivity index (χ4n) is 2.09. The summed E-state index contributed by atoms with van der Waals surface area (Å²) in [4.78, 5) is 12.0. The third kappa shape index (κ3) is 2.56. The third-order valence-electron chi connectivity index (χ3n) is 3.27. The Morgan fingerprint density at radius 2 is 2.28 bits per heavy atom. The van der Waals surface area contributed by atoms with Crippen LogP contribution < -0.4 is 15.4 Å². The molecule has 1 aromatic rings. The Morgan fingerprint density at radius 1 is 1.50 bits per heavy atom. The van der Waals surface area contributed by atoms with Crippen LogP contribution in [0.4, 0.5) is 0 Å². The highest BCUT2D eigenvalue weighted by atomic mass is 16.5. The van der Waals surface area contributed by atoms with Gasteiger partial charge in [0.05, 0.1) is 7.11 Å². The van der Waals surface area contributed by atoms with Crippen molar-refractivity contribution in [3.8, 4) is 11.5 Å². The molecule has 0 saturated carbocycles. The average Bonchev–Trinajstić information content (AvgIpc) is 2.75. The molecule has 1 fully saturated rings. The molecule has 0 spiro atoms. The van der Waals surface area contributed by atoms with Crippen molar-refractivity contribution in [2.45, 2.75) is 13.0 Å². The topological polar surface area (TPSA) is 70.6 Å². The van der Waals surface area contributed by atoms with E-state index in [1.54, 1.807) is 12.1 Å². The number of phenols is 1. The van der Waals surface area contributed by atoms with Gasteiger partial charge in [0.15, 0.2) is 11.5 Å². The van der Waals surface area contributed by atoms with Crippen molar-refractivity contribution in [3.63, 3.8) is 0 Å². The Bertz CT molecular complexity index is 448. The summed E-state index contributed by atoms with van der Waals surface area (Å²) in [6.07, 6.45) is 0. The number of nitrogens with one attached hydrogen (secondary N) is 2. The first-order chi connectivity index (χ1) is 8.61. The fraction of sp³-hybridized carbons (Fsp3) is 0.462. The number of hydrogen-bond acceptors (Lipinski definition) is 4. The van der Waals surface area contributed by atoms with Gasteiger partial charge in [0, 0.05) is 18.2 Å². The van der Waals surface area contributed by atoms with Gasteiger partial charge in [0.2, 0.25) is 0 Å². The minimum Gasteiger partial charge on any atom is -0.504 e. The molecular weight excluding hydrogens is 232 g/mol. The van der Waals surface area contributed by atoms with Crippen LogP contribution in [0.3, 0.4) is 0 Å². The molecule has 0 radical (unpaired) electrons. The maximum Gasteiger partial charge on any atom is 0.251 e. The van der Waals surface area contributed by atoms with Gasteiger partial charge in [0.25, 0.3) is 5.91 Å². The van der Waals surface area contributed by atoms with E-state index in [1.807, 2.05) is 0 Å². The smallest absolute Gasteiger partial charge is 0.251 e. The van der Waals surface area contributed by atoms with E-state index >= 15 is 0 Å². The maximum absolute atomic E-state index is 12.0. The molecule has 1 saturated heterocycles. The van der Waals surface area contributed by atoms with Crippen molar-refractivity contribution in [1.82, 2.24) is 10.6 Å². The van der Waals surface area contributed by atoms with Crippen LogP contribution in [0.1, 0.15) is 17.3 Å². The number of methoxy groups -OCH3 is 1. The summed E-state index contributed by atoms with van der Waals surface area (Å²) in [5.41, 5.74) is 0.437. The molecule has 98 valence electrons. The highest BCUT2D eigenvalue weighted by molar-refractivity contribution is 5.95. The maximum atomic E-state index is 12.0. The molecule has 1 aliphatic rings. The zero-order valence-corrected chi connectivity index (χ0v) is 10.6. The summed E-state index contributed by atoms with van der Waals surface area (Å²) in [6, 6.07) is 4.78. The normalized spacial score (nSPS) is 22.8. The largest absolute Gasteiger partial charge is 0.504 e. The van der Waals surface area contributed by atoms with E-state index in [-0.39, 0.29) is 17.7 Å². The number of phenolic OH excluding ortho intramolecular Hbond substituents is 1. The predicted octanol–water partition coefficient (Wildman–Crippen LogP) is 0.738. The number of aromatic hydroxyl groups is 1. The average molecular weight is 250 g/mol. The number of carbonyl (C=O) groups is 1. The van der Waals surface area contributed by atoms with Crippen molar-refractivity contribution in [3.05, 3.63) is 23.8 Å². The highest BCUT2D eigenvalue weighted by Crippen LogP contribution is 2.26. The zero-order chi connectivity index (χ0) is 13.1. The summed E-state index contributed by atoms with van der Waals surface area (Å²) in [6.45, 7) is 3.80. The first-order valence-electron chi connectivity index (χ1n) is 6.00. The van der Waals surface area contributed by atoms with Crippen LogP contribution in [0.2, 0.25) is 0 Å².